The summed E-state index contributed by atoms with van der Waals surface area (Å²) in [6, 6.07) is 7.65. The number of halogens is 1. The third-order valence-electron chi connectivity index (χ3n) is 3.54. The van der Waals surface area contributed by atoms with Gasteiger partial charge in [0.25, 0.3) is 0 Å². The quantitative estimate of drug-likeness (QED) is 0.764. The molecule has 0 aliphatic carbocycles. The van der Waals surface area contributed by atoms with Crippen LogP contribution in [0.1, 0.15) is 31.9 Å². The SMILES string of the molecule is CCC(C)n1nccc1NC(=O)/C=C/c1cc(Br)ccc1OC. The van der Waals surface area contributed by atoms with E-state index in [0.29, 0.717) is 11.6 Å². The number of amides is 1. The molecule has 1 amide bonds. The van der Waals surface area contributed by atoms with Crippen molar-refractivity contribution in [2.24, 2.45) is 0 Å². The van der Waals surface area contributed by atoms with Crippen LogP contribution in [-0.4, -0.2) is 22.8 Å². The maximum atomic E-state index is 12.1. The molecule has 0 bridgehead atoms. The third kappa shape index (κ3) is 4.45. The number of methoxy groups -OCH3 is 1. The average molecular weight is 378 g/mol. The Balaban J connectivity index is 2.11. The van der Waals surface area contributed by atoms with Gasteiger partial charge >= 0.3 is 0 Å². The van der Waals surface area contributed by atoms with E-state index in [1.807, 2.05) is 22.9 Å². The van der Waals surface area contributed by atoms with E-state index in [4.69, 9.17) is 4.74 Å². The van der Waals surface area contributed by atoms with Gasteiger partial charge in [-0.05, 0) is 37.6 Å². The molecule has 0 saturated heterocycles. The zero-order valence-electron chi connectivity index (χ0n) is 13.4. The first kappa shape index (κ1) is 17.3. The van der Waals surface area contributed by atoms with Gasteiger partial charge in [0.1, 0.15) is 11.6 Å². The van der Waals surface area contributed by atoms with Gasteiger partial charge in [-0.1, -0.05) is 22.9 Å². The topological polar surface area (TPSA) is 56.2 Å². The van der Waals surface area contributed by atoms with E-state index in [1.165, 1.54) is 6.08 Å². The number of rotatable bonds is 6. The summed E-state index contributed by atoms with van der Waals surface area (Å²) in [5, 5.41) is 7.10. The highest BCUT2D eigenvalue weighted by Crippen LogP contribution is 2.24. The highest BCUT2D eigenvalue weighted by atomic mass is 79.9. The molecule has 6 heteroatoms. The molecule has 0 fully saturated rings. The van der Waals surface area contributed by atoms with Crippen molar-refractivity contribution in [1.82, 2.24) is 9.78 Å². The first-order chi connectivity index (χ1) is 11.0. The number of carbonyl (C=O) groups is 1. The summed E-state index contributed by atoms with van der Waals surface area (Å²) in [7, 11) is 1.60. The van der Waals surface area contributed by atoms with Crippen molar-refractivity contribution in [2.45, 2.75) is 26.3 Å². The van der Waals surface area contributed by atoms with Crippen LogP contribution in [0.5, 0.6) is 5.75 Å². The Morgan fingerprint density at radius 1 is 1.48 bits per heavy atom. The largest absolute Gasteiger partial charge is 0.496 e. The summed E-state index contributed by atoms with van der Waals surface area (Å²) < 4.78 is 8.02. The highest BCUT2D eigenvalue weighted by molar-refractivity contribution is 9.10. The zero-order valence-corrected chi connectivity index (χ0v) is 15.0. The number of benzene rings is 1. The molecule has 1 atom stereocenters. The monoisotopic (exact) mass is 377 g/mol. The first-order valence-electron chi connectivity index (χ1n) is 7.41. The lowest BCUT2D eigenvalue weighted by atomic mass is 10.2. The molecular formula is C17H20BrN3O2. The van der Waals surface area contributed by atoms with E-state index in [9.17, 15) is 4.79 Å². The molecule has 2 rings (SSSR count). The lowest BCUT2D eigenvalue weighted by Gasteiger charge is -2.13. The van der Waals surface area contributed by atoms with Crippen molar-refractivity contribution in [1.29, 1.82) is 0 Å². The van der Waals surface area contributed by atoms with Crippen LogP contribution in [0.25, 0.3) is 6.08 Å². The Labute approximate surface area is 144 Å². The van der Waals surface area contributed by atoms with Crippen LogP contribution in [0, 0.1) is 0 Å². The molecule has 23 heavy (non-hydrogen) atoms. The number of anilines is 1. The summed E-state index contributed by atoms with van der Waals surface area (Å²) in [5.41, 5.74) is 0.826. The van der Waals surface area contributed by atoms with Crippen LogP contribution >= 0.6 is 15.9 Å². The van der Waals surface area contributed by atoms with Crippen molar-refractivity contribution in [3.8, 4) is 5.75 Å². The lowest BCUT2D eigenvalue weighted by Crippen LogP contribution is -2.15. The Morgan fingerprint density at radius 2 is 2.26 bits per heavy atom. The predicted octanol–water partition coefficient (Wildman–Crippen LogP) is 4.28. The number of hydrogen-bond donors (Lipinski definition) is 1. The second kappa shape index (κ2) is 7.97. The molecule has 0 spiro atoms. The fraction of sp³-hybridized carbons (Fsp3) is 0.294. The van der Waals surface area contributed by atoms with Gasteiger partial charge in [0.05, 0.1) is 19.3 Å². The molecule has 0 radical (unpaired) electrons. The van der Waals surface area contributed by atoms with E-state index in [2.05, 4.69) is 40.2 Å². The van der Waals surface area contributed by atoms with E-state index >= 15 is 0 Å². The first-order valence-corrected chi connectivity index (χ1v) is 8.20. The fourth-order valence-corrected chi connectivity index (χ4v) is 2.49. The van der Waals surface area contributed by atoms with Crippen LogP contribution in [0.15, 0.2) is 41.0 Å². The second-order valence-corrected chi connectivity index (χ2v) is 6.04. The molecule has 0 saturated carbocycles. The molecule has 1 unspecified atom stereocenters. The molecule has 1 aromatic heterocycles. The summed E-state index contributed by atoms with van der Waals surface area (Å²) in [4.78, 5) is 12.1. The number of hydrogen-bond acceptors (Lipinski definition) is 3. The van der Waals surface area contributed by atoms with Crippen LogP contribution in [0.3, 0.4) is 0 Å². The normalized spacial score (nSPS) is 12.3. The molecule has 0 aliphatic heterocycles. The number of aromatic nitrogens is 2. The third-order valence-corrected chi connectivity index (χ3v) is 4.03. The fourth-order valence-electron chi connectivity index (χ4n) is 2.11. The number of nitrogens with zero attached hydrogens (tertiary/aromatic N) is 2. The molecule has 2 aromatic rings. The smallest absolute Gasteiger partial charge is 0.249 e. The Morgan fingerprint density at radius 3 is 2.96 bits per heavy atom. The van der Waals surface area contributed by atoms with E-state index in [-0.39, 0.29) is 11.9 Å². The maximum Gasteiger partial charge on any atom is 0.249 e. The molecule has 1 N–H and O–H groups in total. The minimum atomic E-state index is -0.211. The van der Waals surface area contributed by atoms with Crippen LogP contribution in [0.2, 0.25) is 0 Å². The number of nitrogens with one attached hydrogen (secondary N) is 1. The summed E-state index contributed by atoms with van der Waals surface area (Å²) in [6.45, 7) is 4.14. The van der Waals surface area contributed by atoms with E-state index in [0.717, 1.165) is 16.5 Å². The molecule has 0 aliphatic rings. The van der Waals surface area contributed by atoms with Crippen molar-refractivity contribution in [3.05, 3.63) is 46.6 Å². The van der Waals surface area contributed by atoms with Crippen molar-refractivity contribution < 1.29 is 9.53 Å². The van der Waals surface area contributed by atoms with Gasteiger partial charge in [-0.25, -0.2) is 4.68 Å². The standard InChI is InChI=1S/C17H20BrN3O2/c1-4-12(2)21-16(9-10-19-21)20-17(22)8-5-13-11-14(18)6-7-15(13)23-3/h5-12H,4H2,1-3H3,(H,20,22)/b8-5+. The minimum Gasteiger partial charge on any atom is -0.496 e. The summed E-state index contributed by atoms with van der Waals surface area (Å²) in [6.07, 6.45) is 5.83. The van der Waals surface area contributed by atoms with Gasteiger partial charge in [-0.2, -0.15) is 5.10 Å². The van der Waals surface area contributed by atoms with Crippen LogP contribution in [-0.2, 0) is 4.79 Å². The van der Waals surface area contributed by atoms with Crippen LogP contribution in [0.4, 0.5) is 5.82 Å². The number of carbonyl (C=O) groups excluding carboxylic acids is 1. The zero-order chi connectivity index (χ0) is 16.8. The molecule has 122 valence electrons. The maximum absolute atomic E-state index is 12.1. The van der Waals surface area contributed by atoms with Gasteiger partial charge in [-0.3, -0.25) is 4.79 Å². The molecular weight excluding hydrogens is 358 g/mol. The van der Waals surface area contributed by atoms with E-state index < -0.39 is 0 Å². The van der Waals surface area contributed by atoms with Crippen LogP contribution < -0.4 is 10.1 Å². The van der Waals surface area contributed by atoms with Gasteiger partial charge < -0.3 is 10.1 Å². The molecule has 1 heterocycles. The second-order valence-electron chi connectivity index (χ2n) is 5.13. The summed E-state index contributed by atoms with van der Waals surface area (Å²) in [5.74, 6) is 1.19. The minimum absolute atomic E-state index is 0.211. The Hall–Kier alpha value is -2.08. The van der Waals surface area contributed by atoms with Gasteiger partial charge in [0.15, 0.2) is 0 Å². The van der Waals surface area contributed by atoms with Crippen molar-refractivity contribution in [2.75, 3.05) is 12.4 Å². The van der Waals surface area contributed by atoms with Gasteiger partial charge in [0, 0.05) is 22.2 Å². The van der Waals surface area contributed by atoms with Crippen molar-refractivity contribution >= 4 is 33.7 Å². The predicted molar refractivity (Wildman–Crippen MR) is 95.6 cm³/mol. The van der Waals surface area contributed by atoms with Gasteiger partial charge in [-0.15, -0.1) is 0 Å². The Bertz CT molecular complexity index is 710. The van der Waals surface area contributed by atoms with Gasteiger partial charge in [0.2, 0.25) is 5.91 Å². The Kier molecular flexibility index (Phi) is 5.98. The molecule has 1 aromatic carbocycles. The summed E-state index contributed by atoms with van der Waals surface area (Å²) >= 11 is 3.41. The molecule has 5 nitrogen and oxygen atoms in total. The highest BCUT2D eigenvalue weighted by Gasteiger charge is 2.10. The lowest BCUT2D eigenvalue weighted by molar-refractivity contribution is -0.111. The van der Waals surface area contributed by atoms with E-state index in [1.54, 1.807) is 25.4 Å². The number of ether oxygens (including phenoxy) is 1. The average Bonchev–Trinajstić information content (AvgIpc) is 3.00. The van der Waals surface area contributed by atoms with Crippen molar-refractivity contribution in [3.63, 3.8) is 0 Å².